The molecule has 0 bridgehead atoms. The second-order valence-electron chi connectivity index (χ2n) is 9.10. The van der Waals surface area contributed by atoms with Crippen LogP contribution in [-0.4, -0.2) is 63.4 Å². The minimum atomic E-state index is 0.132. The van der Waals surface area contributed by atoms with Crippen molar-refractivity contribution >= 4 is 12.0 Å². The van der Waals surface area contributed by atoms with Crippen molar-refractivity contribution in [3.05, 3.63) is 40.5 Å². The van der Waals surface area contributed by atoms with Gasteiger partial charge in [0.1, 0.15) is 11.5 Å². The number of fused-ring (bicyclic) bond motifs is 2. The Morgan fingerprint density at radius 1 is 1.20 bits per heavy atom. The number of nitrogens with zero attached hydrogens (tertiary/aromatic N) is 5. The summed E-state index contributed by atoms with van der Waals surface area (Å²) in [5, 5.41) is 8.72. The van der Waals surface area contributed by atoms with Gasteiger partial charge in [-0.1, -0.05) is 24.2 Å². The highest BCUT2D eigenvalue weighted by atomic mass is 16.5. The first-order chi connectivity index (χ1) is 14.6. The Morgan fingerprint density at radius 2 is 2.03 bits per heavy atom. The van der Waals surface area contributed by atoms with Gasteiger partial charge in [-0.2, -0.15) is 5.10 Å². The van der Waals surface area contributed by atoms with E-state index < -0.39 is 0 Å². The summed E-state index contributed by atoms with van der Waals surface area (Å²) in [6, 6.07) is 0. The average Bonchev–Trinajstić information content (AvgIpc) is 3.28. The van der Waals surface area contributed by atoms with Gasteiger partial charge in [-0.3, -0.25) is 9.48 Å². The van der Waals surface area contributed by atoms with E-state index in [1.165, 1.54) is 5.56 Å². The lowest BCUT2D eigenvalue weighted by Crippen LogP contribution is -2.42. The number of allylic oxidation sites excluding steroid dienone is 1. The molecule has 1 saturated heterocycles. The molecule has 0 N–H and O–H groups in total. The van der Waals surface area contributed by atoms with Crippen molar-refractivity contribution in [1.82, 2.24) is 24.7 Å². The van der Waals surface area contributed by atoms with E-state index in [4.69, 9.17) is 4.52 Å². The summed E-state index contributed by atoms with van der Waals surface area (Å²) >= 11 is 0. The van der Waals surface area contributed by atoms with Crippen molar-refractivity contribution in [2.75, 3.05) is 32.7 Å². The van der Waals surface area contributed by atoms with Gasteiger partial charge in [0.15, 0.2) is 0 Å². The molecule has 1 aliphatic carbocycles. The van der Waals surface area contributed by atoms with Gasteiger partial charge in [-0.05, 0) is 44.7 Å². The minimum Gasteiger partial charge on any atom is -0.360 e. The number of hydrogen-bond donors (Lipinski definition) is 0. The summed E-state index contributed by atoms with van der Waals surface area (Å²) in [5.74, 6) is 2.19. The number of hydrogen-bond acceptors (Lipinski definition) is 5. The number of rotatable bonds is 4. The third kappa shape index (κ3) is 3.60. The third-order valence-electron chi connectivity index (χ3n) is 6.97. The Balaban J connectivity index is 1.17. The molecule has 2 aromatic rings. The number of amides is 1. The van der Waals surface area contributed by atoms with E-state index in [2.05, 4.69) is 34.2 Å². The van der Waals surface area contributed by atoms with Crippen molar-refractivity contribution in [3.63, 3.8) is 0 Å². The van der Waals surface area contributed by atoms with Gasteiger partial charge in [0.25, 0.3) is 5.91 Å². The van der Waals surface area contributed by atoms with Crippen molar-refractivity contribution in [2.45, 2.75) is 44.9 Å². The molecule has 1 fully saturated rings. The van der Waals surface area contributed by atoms with Gasteiger partial charge in [0.05, 0.1) is 11.9 Å². The second-order valence-corrected chi connectivity index (χ2v) is 9.10. The standard InChI is InChI=1S/C23H31N5O2/c1-16-5-6-19-20(14-16)30-25-21(19)17-7-10-27(11-8-17)12-13-28-9-3-4-18-15-24-26(2)22(18)23(28)29/h5-6,15-17H,3-4,7-14H2,1-2H3. The van der Waals surface area contributed by atoms with Crippen LogP contribution in [0.15, 0.2) is 16.8 Å². The van der Waals surface area contributed by atoms with Gasteiger partial charge in [-0.15, -0.1) is 0 Å². The van der Waals surface area contributed by atoms with Crippen LogP contribution in [0.5, 0.6) is 0 Å². The van der Waals surface area contributed by atoms with Crippen molar-refractivity contribution < 1.29 is 9.32 Å². The number of likely N-dealkylation sites (tertiary alicyclic amines) is 1. The van der Waals surface area contributed by atoms with E-state index in [1.807, 2.05) is 18.1 Å². The van der Waals surface area contributed by atoms with Gasteiger partial charge in [-0.25, -0.2) is 0 Å². The number of carbonyl (C=O) groups is 1. The van der Waals surface area contributed by atoms with Gasteiger partial charge in [0.2, 0.25) is 0 Å². The molecule has 1 unspecified atom stereocenters. The average molecular weight is 410 g/mol. The topological polar surface area (TPSA) is 67.4 Å². The van der Waals surface area contributed by atoms with E-state index in [-0.39, 0.29) is 5.91 Å². The summed E-state index contributed by atoms with van der Waals surface area (Å²) in [5.41, 5.74) is 4.24. The van der Waals surface area contributed by atoms with E-state index in [0.29, 0.717) is 11.8 Å². The number of piperidine rings is 1. The van der Waals surface area contributed by atoms with Crippen LogP contribution in [0, 0.1) is 5.92 Å². The molecule has 2 aromatic heterocycles. The van der Waals surface area contributed by atoms with Crippen molar-refractivity contribution in [3.8, 4) is 0 Å². The molecular weight excluding hydrogens is 378 g/mol. The molecule has 0 spiro atoms. The lowest BCUT2D eigenvalue weighted by molar-refractivity contribution is 0.0721. The van der Waals surface area contributed by atoms with Crippen LogP contribution in [-0.2, 0) is 19.9 Å². The SMILES string of the molecule is CC1C=Cc2c(C3CCN(CCN4CCCc5cnn(C)c5C4=O)CC3)noc2C1. The molecule has 30 heavy (non-hydrogen) atoms. The predicted molar refractivity (Wildman–Crippen MR) is 114 cm³/mol. The molecule has 4 heterocycles. The van der Waals surface area contributed by atoms with E-state index >= 15 is 0 Å². The van der Waals surface area contributed by atoms with Crippen LogP contribution in [0.25, 0.3) is 6.08 Å². The van der Waals surface area contributed by atoms with Crippen LogP contribution >= 0.6 is 0 Å². The summed E-state index contributed by atoms with van der Waals surface area (Å²) < 4.78 is 7.39. The fourth-order valence-electron chi connectivity index (χ4n) is 5.15. The predicted octanol–water partition coefficient (Wildman–Crippen LogP) is 2.88. The Hall–Kier alpha value is -2.41. The lowest BCUT2D eigenvalue weighted by Gasteiger charge is -2.33. The summed E-state index contributed by atoms with van der Waals surface area (Å²) in [7, 11) is 1.86. The minimum absolute atomic E-state index is 0.132. The molecule has 0 radical (unpaired) electrons. The first-order valence-electron chi connectivity index (χ1n) is 11.3. The smallest absolute Gasteiger partial charge is 0.272 e. The van der Waals surface area contributed by atoms with Crippen LogP contribution in [0.1, 0.15) is 65.2 Å². The summed E-state index contributed by atoms with van der Waals surface area (Å²) in [4.78, 5) is 17.5. The van der Waals surface area contributed by atoms with Crippen LogP contribution in [0.4, 0.5) is 0 Å². The molecule has 0 saturated carbocycles. The number of aromatic nitrogens is 3. The van der Waals surface area contributed by atoms with Crippen molar-refractivity contribution in [1.29, 1.82) is 0 Å². The Bertz CT molecular complexity index is 951. The molecule has 0 aromatic carbocycles. The Morgan fingerprint density at radius 3 is 2.87 bits per heavy atom. The molecular formula is C23H31N5O2. The molecule has 7 nitrogen and oxygen atoms in total. The van der Waals surface area contributed by atoms with Gasteiger partial charge < -0.3 is 14.3 Å². The normalized spacial score (nSPS) is 22.8. The molecule has 7 heteroatoms. The van der Waals surface area contributed by atoms with Crippen LogP contribution in [0.3, 0.4) is 0 Å². The summed E-state index contributed by atoms with van der Waals surface area (Å²) in [6.07, 6.45) is 11.4. The zero-order valence-electron chi connectivity index (χ0n) is 18.0. The van der Waals surface area contributed by atoms with E-state index in [1.54, 1.807) is 4.68 Å². The largest absolute Gasteiger partial charge is 0.360 e. The molecule has 5 rings (SSSR count). The first kappa shape index (κ1) is 19.5. The highest BCUT2D eigenvalue weighted by molar-refractivity contribution is 5.94. The first-order valence-corrected chi connectivity index (χ1v) is 11.3. The molecule has 160 valence electrons. The van der Waals surface area contributed by atoms with Gasteiger partial charge >= 0.3 is 0 Å². The maximum atomic E-state index is 13.0. The fourth-order valence-corrected chi connectivity index (χ4v) is 5.15. The van der Waals surface area contributed by atoms with Crippen molar-refractivity contribution in [2.24, 2.45) is 13.0 Å². The second kappa shape index (κ2) is 8.02. The number of carbonyl (C=O) groups excluding carboxylic acids is 1. The Labute approximate surface area is 177 Å². The quantitative estimate of drug-likeness (QED) is 0.777. The lowest BCUT2D eigenvalue weighted by atomic mass is 9.87. The van der Waals surface area contributed by atoms with Crippen LogP contribution in [0.2, 0.25) is 0 Å². The summed E-state index contributed by atoms with van der Waals surface area (Å²) in [6.45, 7) is 6.86. The highest BCUT2D eigenvalue weighted by Crippen LogP contribution is 2.34. The maximum absolute atomic E-state index is 13.0. The van der Waals surface area contributed by atoms with Gasteiger partial charge in [0, 0.05) is 50.1 Å². The monoisotopic (exact) mass is 409 g/mol. The number of aryl methyl sites for hydroxylation is 2. The Kier molecular flexibility index (Phi) is 5.23. The maximum Gasteiger partial charge on any atom is 0.272 e. The highest BCUT2D eigenvalue weighted by Gasteiger charge is 2.30. The van der Waals surface area contributed by atoms with E-state index in [9.17, 15) is 4.79 Å². The fraction of sp³-hybridized carbons (Fsp3) is 0.609. The molecule has 3 aliphatic rings. The zero-order chi connectivity index (χ0) is 20.7. The molecule has 1 amide bonds. The third-order valence-corrected chi connectivity index (χ3v) is 6.97. The van der Waals surface area contributed by atoms with E-state index in [0.717, 1.165) is 87.5 Å². The molecule has 2 aliphatic heterocycles. The zero-order valence-corrected chi connectivity index (χ0v) is 18.0. The molecule has 1 atom stereocenters. The van der Waals surface area contributed by atoms with Crippen LogP contribution < -0.4 is 0 Å².